The molecule has 6 atom stereocenters. The highest BCUT2D eigenvalue weighted by Gasteiger charge is 2.56. The quantitative estimate of drug-likeness (QED) is 0.270. The summed E-state index contributed by atoms with van der Waals surface area (Å²) in [6.45, 7) is 0.976. The lowest BCUT2D eigenvalue weighted by Gasteiger charge is -2.31. The van der Waals surface area contributed by atoms with Crippen LogP contribution in [0.2, 0.25) is 0 Å². The number of halogens is 4. The summed E-state index contributed by atoms with van der Waals surface area (Å²) in [6, 6.07) is 5.07. The SMILES string of the molecule is CC(N[P@@](=O)(Oc1ccccc1)OC([C@H]1O[C@@H](n2cc(F)c(=O)[nH]c2=O)C[C@@H]1O)C(F)(F)F)C(=O)O. The van der Waals surface area contributed by atoms with E-state index in [-0.39, 0.29) is 5.75 Å². The zero-order chi connectivity index (χ0) is 26.8. The molecule has 1 aliphatic rings. The van der Waals surface area contributed by atoms with E-state index in [2.05, 4.69) is 0 Å². The normalized spacial score (nSPS) is 23.6. The Morgan fingerprint density at radius 3 is 2.53 bits per heavy atom. The van der Waals surface area contributed by atoms with Gasteiger partial charge in [-0.05, 0) is 19.1 Å². The van der Waals surface area contributed by atoms with E-state index in [0.29, 0.717) is 10.8 Å². The van der Waals surface area contributed by atoms with E-state index >= 15 is 0 Å². The monoisotopic (exact) mass is 541 g/mol. The molecule has 1 aromatic heterocycles. The van der Waals surface area contributed by atoms with Gasteiger partial charge in [-0.25, -0.2) is 9.36 Å². The molecule has 1 saturated heterocycles. The second-order valence-electron chi connectivity index (χ2n) is 7.66. The molecule has 0 spiro atoms. The van der Waals surface area contributed by atoms with Crippen molar-refractivity contribution in [1.29, 1.82) is 0 Å². The zero-order valence-electron chi connectivity index (χ0n) is 18.2. The minimum atomic E-state index is -5.36. The average Bonchev–Trinajstić information content (AvgIpc) is 3.15. The Kier molecular flexibility index (Phi) is 8.05. The number of nitrogens with one attached hydrogen (secondary N) is 2. The first-order valence-electron chi connectivity index (χ1n) is 10.1. The highest BCUT2D eigenvalue weighted by Crippen LogP contribution is 2.50. The van der Waals surface area contributed by atoms with Crippen molar-refractivity contribution in [2.45, 2.75) is 50.1 Å². The lowest BCUT2D eigenvalue weighted by atomic mass is 10.1. The van der Waals surface area contributed by atoms with Gasteiger partial charge >= 0.3 is 25.6 Å². The standard InChI is InChI=1S/C19H20F4N3O9P/c1-9(17(29)30)25-36(32,34-10-5-3-2-4-6-10)35-15(19(21,22)23)14-12(27)7-13(33-14)26-8-11(20)16(28)24-18(26)31/h2-6,8-9,12-15,27H,7H2,1H3,(H,25,32)(H,29,30)(H,24,28,31)/t9?,12-,13+,14-,15?,36+/m0/s1. The first kappa shape index (κ1) is 27.5. The number of nitrogens with zero attached hydrogens (tertiary/aromatic N) is 1. The maximum absolute atomic E-state index is 14.0. The van der Waals surface area contributed by atoms with E-state index < -0.39 is 74.0 Å². The molecule has 1 aromatic carbocycles. The summed E-state index contributed by atoms with van der Waals surface area (Å²) in [4.78, 5) is 36.0. The number of aliphatic carboxylic acids is 1. The Bertz CT molecular complexity index is 1250. The van der Waals surface area contributed by atoms with E-state index in [1.165, 1.54) is 30.3 Å². The molecule has 3 rings (SSSR count). The van der Waals surface area contributed by atoms with Gasteiger partial charge in [-0.3, -0.25) is 23.7 Å². The number of ether oxygens (including phenoxy) is 1. The van der Waals surface area contributed by atoms with Crippen LogP contribution in [0.1, 0.15) is 19.6 Å². The van der Waals surface area contributed by atoms with Gasteiger partial charge in [0.05, 0.1) is 12.3 Å². The fourth-order valence-corrected chi connectivity index (χ4v) is 4.92. The van der Waals surface area contributed by atoms with Crippen LogP contribution in [0.5, 0.6) is 5.75 Å². The van der Waals surface area contributed by atoms with Crippen LogP contribution in [0.25, 0.3) is 0 Å². The third-order valence-corrected chi connectivity index (χ3v) is 6.59. The van der Waals surface area contributed by atoms with Crippen molar-refractivity contribution in [2.24, 2.45) is 0 Å². The average molecular weight is 541 g/mol. The van der Waals surface area contributed by atoms with E-state index in [1.807, 2.05) is 5.09 Å². The third kappa shape index (κ3) is 6.39. The van der Waals surface area contributed by atoms with Gasteiger partial charge in [0.2, 0.25) is 5.82 Å². The number of alkyl halides is 3. The first-order valence-corrected chi connectivity index (χ1v) is 11.7. The molecule has 2 aromatic rings. The number of para-hydroxylation sites is 1. The summed E-state index contributed by atoms with van der Waals surface area (Å²) in [7, 11) is -5.12. The predicted molar refractivity (Wildman–Crippen MR) is 112 cm³/mol. The number of aliphatic hydroxyl groups excluding tert-OH is 1. The summed E-state index contributed by atoms with van der Waals surface area (Å²) in [5.74, 6) is -3.25. The molecule has 17 heteroatoms. The minimum Gasteiger partial charge on any atom is -0.480 e. The van der Waals surface area contributed by atoms with Crippen LogP contribution >= 0.6 is 7.75 Å². The summed E-state index contributed by atoms with van der Waals surface area (Å²) in [5, 5.41) is 21.3. The maximum Gasteiger partial charge on any atom is 0.460 e. The van der Waals surface area contributed by atoms with Crippen molar-refractivity contribution < 1.29 is 50.9 Å². The summed E-state index contributed by atoms with van der Waals surface area (Å²) >= 11 is 0. The predicted octanol–water partition coefficient (Wildman–Crippen LogP) is 1.52. The minimum absolute atomic E-state index is 0.229. The fourth-order valence-electron chi connectivity index (χ4n) is 3.24. The molecule has 0 amide bonds. The molecule has 1 fully saturated rings. The maximum atomic E-state index is 14.0. The molecule has 2 unspecified atom stereocenters. The molecular weight excluding hydrogens is 521 g/mol. The Hall–Kier alpha value is -3.04. The topological polar surface area (TPSA) is 169 Å². The number of aliphatic hydroxyl groups is 1. The van der Waals surface area contributed by atoms with E-state index in [9.17, 15) is 41.6 Å². The van der Waals surface area contributed by atoms with Crippen molar-refractivity contribution in [2.75, 3.05) is 0 Å². The van der Waals surface area contributed by atoms with Gasteiger partial charge < -0.3 is 19.5 Å². The second kappa shape index (κ2) is 10.5. The van der Waals surface area contributed by atoms with Crippen molar-refractivity contribution in [3.05, 3.63) is 63.2 Å². The zero-order valence-corrected chi connectivity index (χ0v) is 19.1. The highest BCUT2D eigenvalue weighted by atomic mass is 31.2. The Morgan fingerprint density at radius 1 is 1.31 bits per heavy atom. The number of carboxylic acid groups (broad SMARTS) is 1. The lowest BCUT2D eigenvalue weighted by molar-refractivity contribution is -0.237. The van der Waals surface area contributed by atoms with Crippen LogP contribution in [-0.2, 0) is 18.6 Å². The number of rotatable bonds is 9. The third-order valence-electron chi connectivity index (χ3n) is 4.94. The Morgan fingerprint density at radius 2 is 1.94 bits per heavy atom. The van der Waals surface area contributed by atoms with E-state index in [0.717, 1.165) is 6.92 Å². The van der Waals surface area contributed by atoms with Gasteiger partial charge in [0.1, 0.15) is 24.1 Å². The van der Waals surface area contributed by atoms with Crippen molar-refractivity contribution in [3.8, 4) is 5.75 Å². The Labute approximate surface area is 199 Å². The molecule has 0 saturated carbocycles. The fraction of sp³-hybridized carbons (Fsp3) is 0.421. The summed E-state index contributed by atoms with van der Waals surface area (Å²) in [6.07, 6.45) is -14.8. The van der Waals surface area contributed by atoms with Gasteiger partial charge in [-0.2, -0.15) is 22.6 Å². The van der Waals surface area contributed by atoms with Crippen molar-refractivity contribution in [1.82, 2.24) is 14.6 Å². The number of aromatic nitrogens is 2. The molecule has 12 nitrogen and oxygen atoms in total. The Balaban J connectivity index is 1.94. The lowest BCUT2D eigenvalue weighted by Crippen LogP contribution is -2.48. The van der Waals surface area contributed by atoms with Crippen LogP contribution in [0.15, 0.2) is 46.1 Å². The molecule has 198 valence electrons. The van der Waals surface area contributed by atoms with Crippen LogP contribution in [-0.4, -0.2) is 56.3 Å². The van der Waals surface area contributed by atoms with E-state index in [1.54, 1.807) is 4.98 Å². The molecule has 4 N–H and O–H groups in total. The number of hydrogen-bond donors (Lipinski definition) is 4. The number of H-pyrrole nitrogens is 1. The molecule has 36 heavy (non-hydrogen) atoms. The van der Waals surface area contributed by atoms with Gasteiger partial charge in [-0.1, -0.05) is 18.2 Å². The van der Waals surface area contributed by atoms with Gasteiger partial charge in [-0.15, -0.1) is 0 Å². The number of benzene rings is 1. The van der Waals surface area contributed by atoms with Gasteiger partial charge in [0.15, 0.2) is 6.10 Å². The summed E-state index contributed by atoms with van der Waals surface area (Å²) in [5.41, 5.74) is -2.60. The first-order chi connectivity index (χ1) is 16.7. The number of hydrogen-bond acceptors (Lipinski definition) is 8. The summed E-state index contributed by atoms with van der Waals surface area (Å²) < 4.78 is 84.4. The van der Waals surface area contributed by atoms with Crippen molar-refractivity contribution in [3.63, 3.8) is 0 Å². The van der Waals surface area contributed by atoms with Crippen LogP contribution in [0, 0.1) is 5.82 Å². The molecular formula is C19H20F4N3O9P. The van der Waals surface area contributed by atoms with E-state index in [4.69, 9.17) is 18.9 Å². The molecule has 0 bridgehead atoms. The number of aromatic amines is 1. The molecule has 0 radical (unpaired) electrons. The second-order valence-corrected chi connectivity index (χ2v) is 9.31. The smallest absolute Gasteiger partial charge is 0.460 e. The van der Waals surface area contributed by atoms with Crippen LogP contribution < -0.4 is 20.9 Å². The molecule has 1 aliphatic heterocycles. The number of carbonyl (C=O) groups is 1. The van der Waals surface area contributed by atoms with Crippen LogP contribution in [0.4, 0.5) is 17.6 Å². The van der Waals surface area contributed by atoms with Crippen molar-refractivity contribution >= 4 is 13.7 Å². The molecule has 2 heterocycles. The molecule has 0 aliphatic carbocycles. The highest BCUT2D eigenvalue weighted by molar-refractivity contribution is 7.52. The van der Waals surface area contributed by atoms with Crippen LogP contribution in [0.3, 0.4) is 0 Å². The van der Waals surface area contributed by atoms with Gasteiger partial charge in [0.25, 0.3) is 5.56 Å². The largest absolute Gasteiger partial charge is 0.480 e. The van der Waals surface area contributed by atoms with Gasteiger partial charge in [0, 0.05) is 6.42 Å². The number of carboxylic acids is 1.